The Morgan fingerprint density at radius 2 is 2.14 bits per heavy atom. The Hall–Kier alpha value is -0.420. The molecule has 7 heteroatoms. The molecule has 0 heterocycles. The summed E-state index contributed by atoms with van der Waals surface area (Å²) >= 11 is 0. The van der Waals surface area contributed by atoms with Crippen molar-refractivity contribution in [2.45, 2.75) is 26.4 Å². The third kappa shape index (κ3) is 8.19. The van der Waals surface area contributed by atoms with E-state index in [1.807, 2.05) is 6.92 Å². The Labute approximate surface area is 82.8 Å². The average molecular weight is 225 g/mol. The van der Waals surface area contributed by atoms with Gasteiger partial charge in [-0.25, -0.2) is 0 Å². The highest BCUT2D eigenvalue weighted by Gasteiger charge is 2.13. The number of rotatable bonds is 6. The first-order valence-electron chi connectivity index (χ1n) is 4.30. The maximum absolute atomic E-state index is 11.0. The molecule has 0 aromatic heterocycles. The van der Waals surface area contributed by atoms with E-state index in [1.165, 1.54) is 0 Å². The molecular weight excluding hydrogens is 209 g/mol. The minimum atomic E-state index is -4.08. The van der Waals surface area contributed by atoms with E-state index in [-0.39, 0.29) is 12.6 Å². The highest BCUT2D eigenvalue weighted by molar-refractivity contribution is 7.51. The van der Waals surface area contributed by atoms with Crippen LogP contribution in [0.15, 0.2) is 0 Å². The predicted octanol–water partition coefficient (Wildman–Crippen LogP) is 0.0529. The van der Waals surface area contributed by atoms with Gasteiger partial charge in [-0.05, 0) is 13.3 Å². The Morgan fingerprint density at radius 3 is 2.57 bits per heavy atom. The van der Waals surface area contributed by atoms with Crippen molar-refractivity contribution in [3.8, 4) is 0 Å². The molecule has 6 nitrogen and oxygen atoms in total. The molecule has 0 rings (SSSR count). The van der Waals surface area contributed by atoms with E-state index in [9.17, 15) is 9.36 Å². The third-order valence-corrected chi connectivity index (χ3v) is 2.13. The summed E-state index contributed by atoms with van der Waals surface area (Å²) < 4.78 is 15.2. The van der Waals surface area contributed by atoms with Crippen LogP contribution >= 0.6 is 7.60 Å². The van der Waals surface area contributed by atoms with Gasteiger partial charge < -0.3 is 14.5 Å². The van der Waals surface area contributed by atoms with E-state index < -0.39 is 19.9 Å². The first kappa shape index (κ1) is 13.6. The first-order valence-corrected chi connectivity index (χ1v) is 6.09. The summed E-state index contributed by atoms with van der Waals surface area (Å²) in [6.45, 7) is 3.44. The topological polar surface area (TPSA) is 95.9 Å². The predicted molar refractivity (Wildman–Crippen MR) is 50.8 cm³/mol. The molecule has 3 N–H and O–H groups in total. The van der Waals surface area contributed by atoms with Gasteiger partial charge >= 0.3 is 13.6 Å². The van der Waals surface area contributed by atoms with Crippen molar-refractivity contribution in [3.05, 3.63) is 0 Å². The van der Waals surface area contributed by atoms with Gasteiger partial charge in [-0.3, -0.25) is 14.7 Å². The summed E-state index contributed by atoms with van der Waals surface area (Å²) in [5, 5.41) is 2.32. The molecule has 0 amide bonds. The largest absolute Gasteiger partial charge is 0.462 e. The van der Waals surface area contributed by atoms with E-state index >= 15 is 0 Å². The number of nitrogens with one attached hydrogen (secondary N) is 1. The highest BCUT2D eigenvalue weighted by atomic mass is 31.2. The average Bonchev–Trinajstić information content (AvgIpc) is 2.01. The van der Waals surface area contributed by atoms with Crippen LogP contribution in [-0.4, -0.2) is 34.7 Å². The van der Waals surface area contributed by atoms with Crippen LogP contribution in [0.3, 0.4) is 0 Å². The fourth-order valence-electron chi connectivity index (χ4n) is 0.653. The van der Waals surface area contributed by atoms with Crippen molar-refractivity contribution in [3.63, 3.8) is 0 Å². The van der Waals surface area contributed by atoms with E-state index in [2.05, 4.69) is 5.32 Å². The number of hydrogen-bond acceptors (Lipinski definition) is 4. The van der Waals surface area contributed by atoms with Crippen LogP contribution in [-0.2, 0) is 14.1 Å². The molecule has 0 aliphatic rings. The number of ether oxygens (including phenoxy) is 1. The van der Waals surface area contributed by atoms with Crippen molar-refractivity contribution in [1.82, 2.24) is 5.32 Å². The summed E-state index contributed by atoms with van der Waals surface area (Å²) in [7, 11) is -4.08. The Morgan fingerprint density at radius 1 is 1.57 bits per heavy atom. The fraction of sp³-hybridized carbons (Fsp3) is 0.857. The van der Waals surface area contributed by atoms with Crippen molar-refractivity contribution >= 4 is 13.6 Å². The van der Waals surface area contributed by atoms with Crippen LogP contribution in [0.25, 0.3) is 0 Å². The van der Waals surface area contributed by atoms with Gasteiger partial charge in [-0.15, -0.1) is 0 Å². The van der Waals surface area contributed by atoms with Gasteiger partial charge in [-0.2, -0.15) is 0 Å². The van der Waals surface area contributed by atoms with E-state index in [0.717, 1.165) is 0 Å². The molecule has 1 unspecified atom stereocenters. The van der Waals surface area contributed by atoms with Crippen molar-refractivity contribution in [1.29, 1.82) is 0 Å². The van der Waals surface area contributed by atoms with Gasteiger partial charge in [0.2, 0.25) is 0 Å². The molecule has 0 radical (unpaired) electrons. The Balaban J connectivity index is 3.60. The zero-order valence-electron chi connectivity index (χ0n) is 8.27. The zero-order chi connectivity index (χ0) is 11.2. The maximum Gasteiger partial charge on any atom is 0.339 e. The van der Waals surface area contributed by atoms with Crippen LogP contribution < -0.4 is 5.32 Å². The molecule has 0 aromatic rings. The molecular formula is C7H16NO5P. The van der Waals surface area contributed by atoms with E-state index in [1.54, 1.807) is 6.92 Å². The van der Waals surface area contributed by atoms with Crippen LogP contribution in [0.4, 0.5) is 0 Å². The van der Waals surface area contributed by atoms with Gasteiger partial charge in [-0.1, -0.05) is 6.92 Å². The van der Waals surface area contributed by atoms with Crippen LogP contribution in [0.2, 0.25) is 0 Å². The molecule has 0 saturated heterocycles. The lowest BCUT2D eigenvalue weighted by Gasteiger charge is -2.11. The smallest absolute Gasteiger partial charge is 0.339 e. The molecule has 84 valence electrons. The van der Waals surface area contributed by atoms with Crippen LogP contribution in [0.1, 0.15) is 20.3 Å². The fourth-order valence-corrected chi connectivity index (χ4v) is 1.06. The van der Waals surface area contributed by atoms with Gasteiger partial charge in [0, 0.05) is 0 Å². The number of esters is 1. The molecule has 1 atom stereocenters. The van der Waals surface area contributed by atoms with E-state index in [0.29, 0.717) is 6.42 Å². The lowest BCUT2D eigenvalue weighted by atomic mass is 10.3. The van der Waals surface area contributed by atoms with Gasteiger partial charge in [0.05, 0.1) is 18.9 Å². The Kier molecular flexibility index (Phi) is 5.95. The highest BCUT2D eigenvalue weighted by Crippen LogP contribution is 2.31. The molecule has 14 heavy (non-hydrogen) atoms. The van der Waals surface area contributed by atoms with Crippen LogP contribution in [0.5, 0.6) is 0 Å². The molecule has 0 spiro atoms. The molecule has 0 aliphatic heterocycles. The summed E-state index contributed by atoms with van der Waals surface area (Å²) in [5.41, 5.74) is 0. The second-order valence-electron chi connectivity index (χ2n) is 2.96. The van der Waals surface area contributed by atoms with Crippen molar-refractivity contribution in [2.75, 3.05) is 12.8 Å². The second kappa shape index (κ2) is 6.14. The number of carbonyl (C=O) groups is 1. The molecule has 0 aromatic carbocycles. The van der Waals surface area contributed by atoms with Crippen molar-refractivity contribution in [2.24, 2.45) is 0 Å². The lowest BCUT2D eigenvalue weighted by molar-refractivity contribution is -0.147. The van der Waals surface area contributed by atoms with E-state index in [4.69, 9.17) is 14.5 Å². The van der Waals surface area contributed by atoms with Crippen LogP contribution in [0, 0.1) is 0 Å². The monoisotopic (exact) mass is 225 g/mol. The quantitative estimate of drug-likeness (QED) is 0.436. The normalized spacial score (nSPS) is 13.7. The summed E-state index contributed by atoms with van der Waals surface area (Å²) in [5.74, 6) is -0.507. The lowest BCUT2D eigenvalue weighted by Crippen LogP contribution is -2.27. The number of hydrogen-bond donors (Lipinski definition) is 3. The van der Waals surface area contributed by atoms with Gasteiger partial charge in [0.25, 0.3) is 0 Å². The van der Waals surface area contributed by atoms with Gasteiger partial charge in [0.1, 0.15) is 0 Å². The maximum atomic E-state index is 11.0. The molecule has 0 aliphatic carbocycles. The number of carbonyl (C=O) groups excluding carboxylic acids is 1. The summed E-state index contributed by atoms with van der Waals surface area (Å²) in [6.07, 6.45) is 0.0340. The summed E-state index contributed by atoms with van der Waals surface area (Å²) in [4.78, 5) is 27.9. The summed E-state index contributed by atoms with van der Waals surface area (Å²) in [6, 6.07) is 0. The minimum absolute atomic E-state index is 0.167. The first-order chi connectivity index (χ1) is 6.35. The zero-order valence-corrected chi connectivity index (χ0v) is 9.16. The molecule has 0 bridgehead atoms. The SMILES string of the molecule is CCC(C)OC(=O)CNCP(=O)(O)O. The van der Waals surface area contributed by atoms with Gasteiger partial charge in [0.15, 0.2) is 0 Å². The third-order valence-electron chi connectivity index (χ3n) is 1.49. The Bertz CT molecular complexity index is 226. The van der Waals surface area contributed by atoms with Crippen molar-refractivity contribution < 1.29 is 23.9 Å². The molecule has 0 fully saturated rings. The minimum Gasteiger partial charge on any atom is -0.462 e. The second-order valence-corrected chi connectivity index (χ2v) is 4.60. The molecule has 0 saturated carbocycles. The standard InChI is InChI=1S/C7H16NO5P/c1-3-6(2)13-7(9)4-8-5-14(10,11)12/h6,8H,3-5H2,1-2H3,(H2,10,11,12).